The average molecular weight is 227 g/mol. The van der Waals surface area contributed by atoms with Crippen LogP contribution in [0.4, 0.5) is 4.39 Å². The third kappa shape index (κ3) is 3.91. The van der Waals surface area contributed by atoms with Crippen LogP contribution in [0.1, 0.15) is 52.1 Å². The Morgan fingerprint density at radius 1 is 1.25 bits per heavy atom. The minimum atomic E-state index is -0.399. The van der Waals surface area contributed by atoms with E-state index in [1.165, 1.54) is 19.3 Å². The Morgan fingerprint density at radius 2 is 2.00 bits per heavy atom. The zero-order valence-electron chi connectivity index (χ0n) is 10.5. The molecule has 1 aromatic heterocycles. The maximum absolute atomic E-state index is 13.4. The first-order valence-electron chi connectivity index (χ1n) is 6.23. The molecule has 0 atom stereocenters. The van der Waals surface area contributed by atoms with E-state index in [9.17, 15) is 4.39 Å². The number of rotatable bonds is 7. The largest absolute Gasteiger partial charge is 0.255 e. The molecule has 0 spiro atoms. The number of hydrogen-bond donors (Lipinski definition) is 0. The van der Waals surface area contributed by atoms with Gasteiger partial charge in [-0.25, -0.2) is 4.68 Å². The monoisotopic (exact) mass is 227 g/mol. The topological polar surface area (TPSA) is 30.7 Å². The SMILES string of the molecule is CCCCCCn1nnc(F)c1CC(C)C. The van der Waals surface area contributed by atoms with Gasteiger partial charge in [0.2, 0.25) is 0 Å². The molecule has 0 bridgehead atoms. The van der Waals surface area contributed by atoms with E-state index in [-0.39, 0.29) is 0 Å². The number of nitrogens with zero attached hydrogens (tertiary/aromatic N) is 3. The predicted octanol–water partition coefficient (Wildman–Crippen LogP) is 3.20. The first kappa shape index (κ1) is 13.1. The second-order valence-electron chi connectivity index (χ2n) is 4.71. The fraction of sp³-hybridized carbons (Fsp3) is 0.833. The highest BCUT2D eigenvalue weighted by Gasteiger charge is 2.13. The molecular weight excluding hydrogens is 205 g/mol. The van der Waals surface area contributed by atoms with Crippen LogP contribution in [0.25, 0.3) is 0 Å². The normalized spacial score (nSPS) is 11.3. The van der Waals surface area contributed by atoms with E-state index in [1.54, 1.807) is 4.68 Å². The quantitative estimate of drug-likeness (QED) is 0.670. The fourth-order valence-corrected chi connectivity index (χ4v) is 1.76. The average Bonchev–Trinajstić information content (AvgIpc) is 2.56. The Hall–Kier alpha value is -0.930. The van der Waals surface area contributed by atoms with Crippen LogP contribution in [-0.4, -0.2) is 15.0 Å². The Morgan fingerprint density at radius 3 is 2.62 bits per heavy atom. The minimum absolute atomic E-state index is 0.399. The van der Waals surface area contributed by atoms with Gasteiger partial charge >= 0.3 is 0 Å². The lowest BCUT2D eigenvalue weighted by Crippen LogP contribution is -2.08. The smallest absolute Gasteiger partial charge is 0.246 e. The molecule has 0 aliphatic heterocycles. The van der Waals surface area contributed by atoms with Gasteiger partial charge in [0.15, 0.2) is 0 Å². The molecule has 0 saturated heterocycles. The van der Waals surface area contributed by atoms with Crippen molar-refractivity contribution in [1.29, 1.82) is 0 Å². The summed E-state index contributed by atoms with van der Waals surface area (Å²) in [5.74, 6) is 0.0339. The third-order valence-corrected chi connectivity index (χ3v) is 2.62. The summed E-state index contributed by atoms with van der Waals surface area (Å²) in [6.45, 7) is 7.13. The van der Waals surface area contributed by atoms with Gasteiger partial charge in [0.05, 0.1) is 5.69 Å². The fourth-order valence-electron chi connectivity index (χ4n) is 1.76. The molecule has 4 heteroatoms. The summed E-state index contributed by atoms with van der Waals surface area (Å²) < 4.78 is 15.1. The molecule has 1 aromatic rings. The number of hydrogen-bond acceptors (Lipinski definition) is 2. The van der Waals surface area contributed by atoms with Crippen LogP contribution in [0.2, 0.25) is 0 Å². The molecule has 0 amide bonds. The van der Waals surface area contributed by atoms with Crippen molar-refractivity contribution in [3.8, 4) is 0 Å². The predicted molar refractivity (Wildman–Crippen MR) is 62.7 cm³/mol. The molecule has 0 aliphatic carbocycles. The Labute approximate surface area is 97.0 Å². The summed E-state index contributed by atoms with van der Waals surface area (Å²) in [5.41, 5.74) is 0.659. The van der Waals surface area contributed by atoms with Gasteiger partial charge in [-0.2, -0.15) is 4.39 Å². The van der Waals surface area contributed by atoms with Crippen LogP contribution in [0.15, 0.2) is 0 Å². The van der Waals surface area contributed by atoms with Gasteiger partial charge in [-0.05, 0) is 18.8 Å². The summed E-state index contributed by atoms with van der Waals surface area (Å²) in [5, 5.41) is 7.37. The molecule has 0 saturated carbocycles. The van der Waals surface area contributed by atoms with Gasteiger partial charge in [0, 0.05) is 6.54 Å². The van der Waals surface area contributed by atoms with E-state index in [1.807, 2.05) is 0 Å². The number of aryl methyl sites for hydroxylation is 1. The highest BCUT2D eigenvalue weighted by molar-refractivity contribution is 4.98. The Bertz CT molecular complexity index is 307. The number of unbranched alkanes of at least 4 members (excludes halogenated alkanes) is 3. The van der Waals surface area contributed by atoms with Gasteiger partial charge in [-0.3, -0.25) is 0 Å². The summed E-state index contributed by atoms with van der Waals surface area (Å²) in [7, 11) is 0. The molecule has 0 aromatic carbocycles. The highest BCUT2D eigenvalue weighted by atomic mass is 19.1. The minimum Gasteiger partial charge on any atom is -0.246 e. The van der Waals surface area contributed by atoms with Gasteiger partial charge < -0.3 is 0 Å². The van der Waals surface area contributed by atoms with Crippen molar-refractivity contribution in [2.75, 3.05) is 0 Å². The third-order valence-electron chi connectivity index (χ3n) is 2.62. The highest BCUT2D eigenvalue weighted by Crippen LogP contribution is 2.11. The van der Waals surface area contributed by atoms with Crippen molar-refractivity contribution in [3.05, 3.63) is 11.6 Å². The van der Waals surface area contributed by atoms with E-state index in [4.69, 9.17) is 0 Å². The molecule has 92 valence electrons. The Kier molecular flexibility index (Phi) is 5.43. The summed E-state index contributed by atoms with van der Waals surface area (Å²) in [6.07, 6.45) is 5.40. The van der Waals surface area contributed by atoms with Gasteiger partial charge in [-0.15, -0.1) is 0 Å². The molecule has 16 heavy (non-hydrogen) atoms. The molecule has 0 aliphatic rings. The van der Waals surface area contributed by atoms with E-state index in [0.29, 0.717) is 18.0 Å². The summed E-state index contributed by atoms with van der Waals surface area (Å²) in [6, 6.07) is 0. The lowest BCUT2D eigenvalue weighted by molar-refractivity contribution is 0.489. The van der Waals surface area contributed by atoms with Crippen molar-refractivity contribution >= 4 is 0 Å². The maximum atomic E-state index is 13.4. The standard InChI is InChI=1S/C12H22FN3/c1-4-5-6-7-8-16-11(9-10(2)3)12(13)14-15-16/h10H,4-9H2,1-3H3. The molecule has 1 heterocycles. The van der Waals surface area contributed by atoms with E-state index >= 15 is 0 Å². The second kappa shape index (κ2) is 6.61. The van der Waals surface area contributed by atoms with E-state index in [0.717, 1.165) is 13.0 Å². The molecule has 3 nitrogen and oxygen atoms in total. The van der Waals surface area contributed by atoms with Crippen molar-refractivity contribution in [2.45, 2.75) is 59.4 Å². The summed E-state index contributed by atoms with van der Waals surface area (Å²) >= 11 is 0. The van der Waals surface area contributed by atoms with Crippen LogP contribution in [0, 0.1) is 11.9 Å². The van der Waals surface area contributed by atoms with E-state index < -0.39 is 5.95 Å². The van der Waals surface area contributed by atoms with E-state index in [2.05, 4.69) is 31.1 Å². The van der Waals surface area contributed by atoms with Crippen LogP contribution in [0.5, 0.6) is 0 Å². The maximum Gasteiger partial charge on any atom is 0.255 e. The van der Waals surface area contributed by atoms with Gasteiger partial charge in [0.25, 0.3) is 5.95 Å². The van der Waals surface area contributed by atoms with Crippen molar-refractivity contribution < 1.29 is 4.39 Å². The van der Waals surface area contributed by atoms with Crippen molar-refractivity contribution in [3.63, 3.8) is 0 Å². The first-order valence-corrected chi connectivity index (χ1v) is 6.23. The first-order chi connectivity index (χ1) is 7.65. The molecule has 1 rings (SSSR count). The van der Waals surface area contributed by atoms with Gasteiger partial charge in [0.1, 0.15) is 0 Å². The zero-order chi connectivity index (χ0) is 12.0. The van der Waals surface area contributed by atoms with Crippen molar-refractivity contribution in [2.24, 2.45) is 5.92 Å². The molecular formula is C12H22FN3. The van der Waals surface area contributed by atoms with Crippen LogP contribution in [-0.2, 0) is 13.0 Å². The second-order valence-corrected chi connectivity index (χ2v) is 4.71. The lowest BCUT2D eigenvalue weighted by Gasteiger charge is -2.07. The molecule has 0 unspecified atom stereocenters. The van der Waals surface area contributed by atoms with Crippen molar-refractivity contribution in [1.82, 2.24) is 15.0 Å². The van der Waals surface area contributed by atoms with Crippen LogP contribution >= 0.6 is 0 Å². The molecule has 0 radical (unpaired) electrons. The number of halogens is 1. The van der Waals surface area contributed by atoms with Crippen LogP contribution in [0.3, 0.4) is 0 Å². The zero-order valence-corrected chi connectivity index (χ0v) is 10.5. The van der Waals surface area contributed by atoms with Gasteiger partial charge in [-0.1, -0.05) is 50.3 Å². The summed E-state index contributed by atoms with van der Waals surface area (Å²) in [4.78, 5) is 0. The lowest BCUT2D eigenvalue weighted by atomic mass is 10.1. The molecule has 0 N–H and O–H groups in total. The van der Waals surface area contributed by atoms with Crippen LogP contribution < -0.4 is 0 Å². The molecule has 0 fully saturated rings. The Balaban J connectivity index is 2.51. The number of aromatic nitrogens is 3.